The Morgan fingerprint density at radius 3 is 2.82 bits per heavy atom. The molecular weight excluding hydrogens is 208 g/mol. The Hall–Kier alpha value is -1.02. The van der Waals surface area contributed by atoms with Gasteiger partial charge in [0.25, 0.3) is 0 Å². The molecule has 2 N–H and O–H groups in total. The maximum atomic E-state index is 5.86. The van der Waals surface area contributed by atoms with Gasteiger partial charge in [0.05, 0.1) is 0 Å². The minimum absolute atomic E-state index is 0.657. The third-order valence-corrected chi connectivity index (χ3v) is 4.53. The number of hydrogen-bond acceptors (Lipinski definition) is 2. The van der Waals surface area contributed by atoms with Crippen LogP contribution in [0.4, 0.5) is 5.69 Å². The quantitative estimate of drug-likeness (QED) is 0.846. The second-order valence-electron chi connectivity index (χ2n) is 5.43. The lowest BCUT2D eigenvalue weighted by Crippen LogP contribution is -2.35. The van der Waals surface area contributed by atoms with Gasteiger partial charge < -0.3 is 10.6 Å². The summed E-state index contributed by atoms with van der Waals surface area (Å²) in [5, 5.41) is 0. The fourth-order valence-electron chi connectivity index (χ4n) is 3.67. The van der Waals surface area contributed by atoms with Crippen molar-refractivity contribution in [2.24, 2.45) is 11.7 Å². The van der Waals surface area contributed by atoms with Gasteiger partial charge >= 0.3 is 0 Å². The van der Waals surface area contributed by atoms with Crippen LogP contribution >= 0.6 is 0 Å². The van der Waals surface area contributed by atoms with Gasteiger partial charge in [-0.15, -0.1) is 0 Å². The maximum Gasteiger partial charge on any atom is 0.0414 e. The lowest BCUT2D eigenvalue weighted by Gasteiger charge is -2.34. The van der Waals surface area contributed by atoms with Gasteiger partial charge in [0.2, 0.25) is 0 Å². The number of nitrogens with zero attached hydrogens (tertiary/aromatic N) is 1. The Morgan fingerprint density at radius 1 is 1.12 bits per heavy atom. The van der Waals surface area contributed by atoms with E-state index in [2.05, 4.69) is 29.2 Å². The van der Waals surface area contributed by atoms with Gasteiger partial charge in [0, 0.05) is 24.8 Å². The minimum Gasteiger partial charge on any atom is -0.368 e. The number of benzene rings is 1. The number of nitrogens with two attached hydrogens (primary N) is 1. The van der Waals surface area contributed by atoms with Crippen molar-refractivity contribution in [3.63, 3.8) is 0 Å². The van der Waals surface area contributed by atoms with Crippen LogP contribution in [0.5, 0.6) is 0 Å². The van der Waals surface area contributed by atoms with Gasteiger partial charge in [0.15, 0.2) is 0 Å². The predicted molar refractivity (Wildman–Crippen MR) is 72.0 cm³/mol. The van der Waals surface area contributed by atoms with Crippen molar-refractivity contribution in [2.75, 3.05) is 11.4 Å². The van der Waals surface area contributed by atoms with E-state index >= 15 is 0 Å². The van der Waals surface area contributed by atoms with E-state index in [-0.39, 0.29) is 0 Å². The summed E-state index contributed by atoms with van der Waals surface area (Å²) in [5.41, 5.74) is 8.56. The highest BCUT2D eigenvalue weighted by molar-refractivity contribution is 5.55. The van der Waals surface area contributed by atoms with Crippen LogP contribution in [0.1, 0.15) is 37.7 Å². The summed E-state index contributed by atoms with van der Waals surface area (Å²) < 4.78 is 0. The molecule has 1 saturated heterocycles. The highest BCUT2D eigenvalue weighted by Gasteiger charge is 2.36. The van der Waals surface area contributed by atoms with E-state index in [0.29, 0.717) is 6.54 Å². The molecule has 2 fully saturated rings. The molecule has 1 aliphatic carbocycles. The third kappa shape index (κ3) is 1.95. The lowest BCUT2D eigenvalue weighted by molar-refractivity contribution is 0.342. The molecule has 1 heterocycles. The van der Waals surface area contributed by atoms with E-state index in [4.69, 9.17) is 5.73 Å². The van der Waals surface area contributed by atoms with Gasteiger partial charge in [-0.2, -0.15) is 0 Å². The number of rotatable bonds is 2. The van der Waals surface area contributed by atoms with Gasteiger partial charge in [-0.25, -0.2) is 0 Å². The molecule has 1 saturated carbocycles. The lowest BCUT2D eigenvalue weighted by atomic mass is 9.85. The molecule has 17 heavy (non-hydrogen) atoms. The second-order valence-corrected chi connectivity index (χ2v) is 5.43. The topological polar surface area (TPSA) is 29.3 Å². The van der Waals surface area contributed by atoms with E-state index in [1.807, 2.05) is 0 Å². The van der Waals surface area contributed by atoms with Gasteiger partial charge in [-0.3, -0.25) is 0 Å². The van der Waals surface area contributed by atoms with Crippen LogP contribution in [-0.2, 0) is 6.54 Å². The average molecular weight is 230 g/mol. The van der Waals surface area contributed by atoms with Crippen LogP contribution < -0.4 is 10.6 Å². The van der Waals surface area contributed by atoms with Crippen LogP contribution in [0, 0.1) is 5.92 Å². The van der Waals surface area contributed by atoms with Crippen LogP contribution in [0.3, 0.4) is 0 Å². The number of fused-ring (bicyclic) bond motifs is 1. The molecule has 2 heteroatoms. The number of anilines is 1. The highest BCUT2D eigenvalue weighted by Crippen LogP contribution is 2.39. The first-order chi connectivity index (χ1) is 8.40. The van der Waals surface area contributed by atoms with Crippen molar-refractivity contribution in [3.8, 4) is 0 Å². The van der Waals surface area contributed by atoms with Crippen LogP contribution in [-0.4, -0.2) is 12.6 Å². The fourth-order valence-corrected chi connectivity index (χ4v) is 3.67. The molecule has 92 valence electrons. The van der Waals surface area contributed by atoms with Crippen molar-refractivity contribution in [3.05, 3.63) is 29.8 Å². The molecule has 1 aliphatic heterocycles. The molecule has 2 aliphatic rings. The van der Waals surface area contributed by atoms with Crippen molar-refractivity contribution in [2.45, 2.75) is 44.7 Å². The van der Waals surface area contributed by atoms with Crippen LogP contribution in [0.25, 0.3) is 0 Å². The number of para-hydroxylation sites is 1. The molecule has 0 spiro atoms. The van der Waals surface area contributed by atoms with Gasteiger partial charge in [-0.05, 0) is 36.8 Å². The summed E-state index contributed by atoms with van der Waals surface area (Å²) in [6.45, 7) is 1.89. The Morgan fingerprint density at radius 2 is 1.94 bits per heavy atom. The molecule has 1 aromatic carbocycles. The molecule has 0 aromatic heterocycles. The molecule has 0 amide bonds. The monoisotopic (exact) mass is 230 g/mol. The minimum atomic E-state index is 0.657. The zero-order chi connectivity index (χ0) is 11.7. The van der Waals surface area contributed by atoms with E-state index in [9.17, 15) is 0 Å². The van der Waals surface area contributed by atoms with Crippen molar-refractivity contribution >= 4 is 5.69 Å². The predicted octanol–water partition coefficient (Wildman–Crippen LogP) is 2.91. The molecule has 2 nitrogen and oxygen atoms in total. The van der Waals surface area contributed by atoms with Crippen molar-refractivity contribution in [1.29, 1.82) is 0 Å². The average Bonchev–Trinajstić information content (AvgIpc) is 2.82. The Kier molecular flexibility index (Phi) is 3.06. The first kappa shape index (κ1) is 11.1. The van der Waals surface area contributed by atoms with E-state index in [1.165, 1.54) is 49.9 Å². The SMILES string of the molecule is NCc1ccccc1N1CCC2CCCCC21. The fraction of sp³-hybridized carbons (Fsp3) is 0.600. The molecule has 2 atom stereocenters. The normalized spacial score (nSPS) is 28.2. The smallest absolute Gasteiger partial charge is 0.0414 e. The Bertz CT molecular complexity index is 388. The van der Waals surface area contributed by atoms with Gasteiger partial charge in [-0.1, -0.05) is 31.0 Å². The second kappa shape index (κ2) is 4.69. The zero-order valence-corrected chi connectivity index (χ0v) is 10.4. The first-order valence-electron chi connectivity index (χ1n) is 6.95. The van der Waals surface area contributed by atoms with Crippen molar-refractivity contribution in [1.82, 2.24) is 0 Å². The summed E-state index contributed by atoms with van der Waals surface area (Å²) in [6.07, 6.45) is 7.04. The largest absolute Gasteiger partial charge is 0.368 e. The molecule has 0 radical (unpaired) electrons. The summed E-state index contributed by atoms with van der Waals surface area (Å²) in [5.74, 6) is 0.939. The first-order valence-corrected chi connectivity index (χ1v) is 6.95. The Labute approximate surface area is 104 Å². The summed E-state index contributed by atoms with van der Waals surface area (Å²) in [7, 11) is 0. The zero-order valence-electron chi connectivity index (χ0n) is 10.4. The summed E-state index contributed by atoms with van der Waals surface area (Å²) in [4.78, 5) is 2.63. The molecule has 1 aromatic rings. The van der Waals surface area contributed by atoms with Crippen LogP contribution in [0.15, 0.2) is 24.3 Å². The molecule has 0 bridgehead atoms. The van der Waals surface area contributed by atoms with Crippen LogP contribution in [0.2, 0.25) is 0 Å². The summed E-state index contributed by atoms with van der Waals surface area (Å²) >= 11 is 0. The van der Waals surface area contributed by atoms with E-state index in [0.717, 1.165) is 12.0 Å². The third-order valence-electron chi connectivity index (χ3n) is 4.53. The van der Waals surface area contributed by atoms with Gasteiger partial charge in [0.1, 0.15) is 0 Å². The van der Waals surface area contributed by atoms with E-state index in [1.54, 1.807) is 0 Å². The number of hydrogen-bond donors (Lipinski definition) is 1. The molecular formula is C15H22N2. The molecule has 2 unspecified atom stereocenters. The summed E-state index contributed by atoms with van der Waals surface area (Å²) in [6, 6.07) is 9.45. The molecule has 3 rings (SSSR count). The van der Waals surface area contributed by atoms with Crippen molar-refractivity contribution < 1.29 is 0 Å². The van der Waals surface area contributed by atoms with E-state index < -0.39 is 0 Å². The highest BCUT2D eigenvalue weighted by atomic mass is 15.2. The Balaban J connectivity index is 1.88. The maximum absolute atomic E-state index is 5.86. The standard InChI is InChI=1S/C15H22N2/c16-11-13-6-2-4-8-15(13)17-10-9-12-5-1-3-7-14(12)17/h2,4,6,8,12,14H,1,3,5,7,9-11,16H2.